The zero-order chi connectivity index (χ0) is 19.5. The molecule has 4 heteroatoms. The summed E-state index contributed by atoms with van der Waals surface area (Å²) in [7, 11) is 1.39. The SMILES string of the molecule is COC(=O)c1ccccc1Cn1cc(Cc2ccccc2)c2cc(O)ccc21. The van der Waals surface area contributed by atoms with E-state index in [4.69, 9.17) is 4.74 Å². The van der Waals surface area contributed by atoms with E-state index in [9.17, 15) is 9.90 Å². The van der Waals surface area contributed by atoms with Crippen molar-refractivity contribution in [2.75, 3.05) is 7.11 Å². The summed E-state index contributed by atoms with van der Waals surface area (Å²) in [6.45, 7) is 0.543. The van der Waals surface area contributed by atoms with Crippen molar-refractivity contribution in [1.82, 2.24) is 4.57 Å². The van der Waals surface area contributed by atoms with Gasteiger partial charge in [0.2, 0.25) is 0 Å². The van der Waals surface area contributed by atoms with Gasteiger partial charge in [-0.3, -0.25) is 0 Å². The van der Waals surface area contributed by atoms with E-state index in [0.29, 0.717) is 12.1 Å². The summed E-state index contributed by atoms with van der Waals surface area (Å²) in [5, 5.41) is 11.0. The quantitative estimate of drug-likeness (QED) is 0.514. The number of benzene rings is 3. The number of phenolic OH excluding ortho intramolecular Hbond substituents is 1. The molecule has 0 atom stereocenters. The number of hydrogen-bond donors (Lipinski definition) is 1. The molecule has 0 aliphatic rings. The number of carbonyl (C=O) groups excluding carboxylic acids is 1. The van der Waals surface area contributed by atoms with Crippen LogP contribution < -0.4 is 0 Å². The highest BCUT2D eigenvalue weighted by Crippen LogP contribution is 2.28. The summed E-state index contributed by atoms with van der Waals surface area (Å²) in [5.41, 5.74) is 4.82. The van der Waals surface area contributed by atoms with E-state index in [2.05, 4.69) is 22.9 Å². The molecule has 0 radical (unpaired) electrons. The molecule has 1 N–H and O–H groups in total. The number of rotatable bonds is 5. The van der Waals surface area contributed by atoms with Crippen molar-refractivity contribution in [3.63, 3.8) is 0 Å². The molecule has 4 rings (SSSR count). The first-order chi connectivity index (χ1) is 13.7. The smallest absolute Gasteiger partial charge is 0.338 e. The molecule has 0 aliphatic heterocycles. The Hall–Kier alpha value is -3.53. The van der Waals surface area contributed by atoms with Crippen LogP contribution in [0.3, 0.4) is 0 Å². The summed E-state index contributed by atoms with van der Waals surface area (Å²) in [5.74, 6) is -0.0938. The molecule has 0 saturated heterocycles. The first-order valence-electron chi connectivity index (χ1n) is 9.16. The molecule has 4 aromatic rings. The maximum absolute atomic E-state index is 12.1. The molecule has 28 heavy (non-hydrogen) atoms. The summed E-state index contributed by atoms with van der Waals surface area (Å²) in [6, 6.07) is 23.1. The van der Waals surface area contributed by atoms with Crippen molar-refractivity contribution < 1.29 is 14.6 Å². The zero-order valence-corrected chi connectivity index (χ0v) is 15.6. The van der Waals surface area contributed by atoms with Crippen LogP contribution in [0.15, 0.2) is 79.0 Å². The standard InChI is InChI=1S/C24H21NO3/c1-28-24(27)21-10-6-5-9-18(21)15-25-16-19(13-17-7-3-2-4-8-17)22-14-20(26)11-12-23(22)25/h2-12,14,16,26H,13,15H2,1H3. The number of methoxy groups -OCH3 is 1. The number of esters is 1. The van der Waals surface area contributed by atoms with Crippen molar-refractivity contribution in [1.29, 1.82) is 0 Å². The molecule has 0 unspecified atom stereocenters. The van der Waals surface area contributed by atoms with Crippen LogP contribution in [-0.2, 0) is 17.7 Å². The van der Waals surface area contributed by atoms with Gasteiger partial charge in [-0.2, -0.15) is 0 Å². The van der Waals surface area contributed by atoms with Gasteiger partial charge in [0, 0.05) is 23.6 Å². The number of hydrogen-bond acceptors (Lipinski definition) is 3. The van der Waals surface area contributed by atoms with Gasteiger partial charge in [0.25, 0.3) is 0 Å². The van der Waals surface area contributed by atoms with Crippen molar-refractivity contribution in [2.24, 2.45) is 0 Å². The predicted octanol–water partition coefficient (Wildman–Crippen LogP) is 4.77. The van der Waals surface area contributed by atoms with E-state index >= 15 is 0 Å². The van der Waals surface area contributed by atoms with Gasteiger partial charge >= 0.3 is 5.97 Å². The van der Waals surface area contributed by atoms with E-state index in [1.807, 2.05) is 42.5 Å². The molecular weight excluding hydrogens is 350 g/mol. The minimum absolute atomic E-state index is 0.245. The largest absolute Gasteiger partial charge is 0.508 e. The lowest BCUT2D eigenvalue weighted by Gasteiger charge is -2.10. The van der Waals surface area contributed by atoms with Crippen LogP contribution in [0.25, 0.3) is 10.9 Å². The molecule has 0 spiro atoms. The Bertz CT molecular complexity index is 1130. The lowest BCUT2D eigenvalue weighted by Crippen LogP contribution is -2.08. The Kier molecular flexibility index (Phi) is 4.85. The Morgan fingerprint density at radius 3 is 2.50 bits per heavy atom. The summed E-state index contributed by atoms with van der Waals surface area (Å²) in [4.78, 5) is 12.1. The first kappa shape index (κ1) is 17.9. The van der Waals surface area contributed by atoms with Crippen LogP contribution in [0.2, 0.25) is 0 Å². The van der Waals surface area contributed by atoms with Gasteiger partial charge < -0.3 is 14.4 Å². The monoisotopic (exact) mass is 371 g/mol. The zero-order valence-electron chi connectivity index (χ0n) is 15.6. The fraction of sp³-hybridized carbons (Fsp3) is 0.125. The molecule has 0 aliphatic carbocycles. The second-order valence-corrected chi connectivity index (χ2v) is 6.79. The van der Waals surface area contributed by atoms with E-state index in [-0.39, 0.29) is 11.7 Å². The van der Waals surface area contributed by atoms with Crippen LogP contribution in [0.5, 0.6) is 5.75 Å². The molecule has 3 aromatic carbocycles. The van der Waals surface area contributed by atoms with Crippen molar-refractivity contribution >= 4 is 16.9 Å². The highest BCUT2D eigenvalue weighted by atomic mass is 16.5. The molecule has 0 bridgehead atoms. The minimum atomic E-state index is -0.339. The molecule has 0 amide bonds. The Morgan fingerprint density at radius 1 is 0.964 bits per heavy atom. The fourth-order valence-electron chi connectivity index (χ4n) is 3.60. The average molecular weight is 371 g/mol. The number of nitrogens with zero attached hydrogens (tertiary/aromatic N) is 1. The number of aromatic hydroxyl groups is 1. The number of ether oxygens (including phenoxy) is 1. The summed E-state index contributed by atoms with van der Waals surface area (Å²) < 4.78 is 7.04. The second-order valence-electron chi connectivity index (χ2n) is 6.79. The van der Waals surface area contributed by atoms with E-state index in [1.54, 1.807) is 18.2 Å². The molecule has 140 valence electrons. The molecular formula is C24H21NO3. The maximum atomic E-state index is 12.1. The fourth-order valence-corrected chi connectivity index (χ4v) is 3.60. The maximum Gasteiger partial charge on any atom is 0.338 e. The Morgan fingerprint density at radius 2 is 1.71 bits per heavy atom. The molecule has 4 nitrogen and oxygen atoms in total. The van der Waals surface area contributed by atoms with Crippen LogP contribution in [0.4, 0.5) is 0 Å². The minimum Gasteiger partial charge on any atom is -0.508 e. The van der Waals surface area contributed by atoms with Gasteiger partial charge in [0.15, 0.2) is 0 Å². The topological polar surface area (TPSA) is 51.5 Å². The third-order valence-corrected chi connectivity index (χ3v) is 4.95. The summed E-state index contributed by atoms with van der Waals surface area (Å²) in [6.07, 6.45) is 2.87. The number of aromatic nitrogens is 1. The third kappa shape index (κ3) is 3.49. The highest BCUT2D eigenvalue weighted by Gasteiger charge is 2.14. The lowest BCUT2D eigenvalue weighted by molar-refractivity contribution is 0.0599. The lowest BCUT2D eigenvalue weighted by atomic mass is 10.0. The van der Waals surface area contributed by atoms with Crippen molar-refractivity contribution in [3.05, 3.63) is 101 Å². The van der Waals surface area contributed by atoms with Gasteiger partial charge in [-0.25, -0.2) is 4.79 Å². The van der Waals surface area contributed by atoms with Gasteiger partial charge in [-0.05, 0) is 47.4 Å². The second kappa shape index (κ2) is 7.61. The third-order valence-electron chi connectivity index (χ3n) is 4.95. The summed E-state index contributed by atoms with van der Waals surface area (Å²) >= 11 is 0. The number of fused-ring (bicyclic) bond motifs is 1. The number of phenols is 1. The van der Waals surface area contributed by atoms with Crippen LogP contribution in [-0.4, -0.2) is 22.8 Å². The van der Waals surface area contributed by atoms with E-state index in [0.717, 1.165) is 28.5 Å². The molecule has 0 fully saturated rings. The van der Waals surface area contributed by atoms with Gasteiger partial charge in [0.1, 0.15) is 5.75 Å². The first-order valence-corrected chi connectivity index (χ1v) is 9.16. The average Bonchev–Trinajstić information content (AvgIpc) is 3.05. The molecule has 1 aromatic heterocycles. The van der Waals surface area contributed by atoms with Crippen molar-refractivity contribution in [2.45, 2.75) is 13.0 Å². The van der Waals surface area contributed by atoms with E-state index in [1.165, 1.54) is 12.7 Å². The molecule has 1 heterocycles. The van der Waals surface area contributed by atoms with Gasteiger partial charge in [-0.1, -0.05) is 48.5 Å². The normalized spacial score (nSPS) is 10.9. The Balaban J connectivity index is 1.77. The highest BCUT2D eigenvalue weighted by molar-refractivity contribution is 5.91. The van der Waals surface area contributed by atoms with E-state index < -0.39 is 0 Å². The van der Waals surface area contributed by atoms with Crippen LogP contribution in [0, 0.1) is 0 Å². The van der Waals surface area contributed by atoms with Crippen molar-refractivity contribution in [3.8, 4) is 5.75 Å². The van der Waals surface area contributed by atoms with Crippen LogP contribution in [0.1, 0.15) is 27.0 Å². The van der Waals surface area contributed by atoms with Gasteiger partial charge in [-0.15, -0.1) is 0 Å². The molecule has 0 saturated carbocycles. The number of carbonyl (C=O) groups is 1. The van der Waals surface area contributed by atoms with Gasteiger partial charge in [0.05, 0.1) is 12.7 Å². The Labute approximate surface area is 163 Å². The predicted molar refractivity (Wildman–Crippen MR) is 110 cm³/mol. The van der Waals surface area contributed by atoms with Crippen LogP contribution >= 0.6 is 0 Å².